The average molecular weight is 271 g/mol. The molecule has 6 heteroatoms. The SMILES string of the molecule is CC(C)C(CC(=O)O)NC(=O)NC1CCCCC1N. The van der Waals surface area contributed by atoms with Crippen molar-refractivity contribution in [2.45, 2.75) is 64.1 Å². The number of carbonyl (C=O) groups is 2. The summed E-state index contributed by atoms with van der Waals surface area (Å²) in [7, 11) is 0. The van der Waals surface area contributed by atoms with Gasteiger partial charge in [-0.3, -0.25) is 4.79 Å². The lowest BCUT2D eigenvalue weighted by molar-refractivity contribution is -0.137. The summed E-state index contributed by atoms with van der Waals surface area (Å²) >= 11 is 0. The highest BCUT2D eigenvalue weighted by atomic mass is 16.4. The van der Waals surface area contributed by atoms with Crippen molar-refractivity contribution in [2.75, 3.05) is 0 Å². The van der Waals surface area contributed by atoms with Gasteiger partial charge in [-0.25, -0.2) is 4.79 Å². The molecule has 19 heavy (non-hydrogen) atoms. The van der Waals surface area contributed by atoms with E-state index in [1.54, 1.807) is 0 Å². The van der Waals surface area contributed by atoms with Crippen LogP contribution in [0, 0.1) is 5.92 Å². The molecule has 0 aromatic heterocycles. The Hall–Kier alpha value is -1.30. The van der Waals surface area contributed by atoms with E-state index < -0.39 is 5.97 Å². The molecule has 110 valence electrons. The van der Waals surface area contributed by atoms with Gasteiger partial charge in [0.05, 0.1) is 6.42 Å². The van der Waals surface area contributed by atoms with Crippen molar-refractivity contribution < 1.29 is 14.7 Å². The number of hydrogen-bond acceptors (Lipinski definition) is 3. The summed E-state index contributed by atoms with van der Waals surface area (Å²) in [5.74, 6) is -0.838. The lowest BCUT2D eigenvalue weighted by Gasteiger charge is -2.30. The van der Waals surface area contributed by atoms with Crippen LogP contribution >= 0.6 is 0 Å². The number of carbonyl (C=O) groups excluding carboxylic acids is 1. The maximum Gasteiger partial charge on any atom is 0.315 e. The zero-order valence-corrected chi connectivity index (χ0v) is 11.7. The van der Waals surface area contributed by atoms with Gasteiger partial charge in [-0.15, -0.1) is 0 Å². The minimum Gasteiger partial charge on any atom is -0.481 e. The zero-order valence-electron chi connectivity index (χ0n) is 11.7. The molecule has 1 aliphatic carbocycles. The van der Waals surface area contributed by atoms with Crippen LogP contribution in [-0.4, -0.2) is 35.2 Å². The summed E-state index contributed by atoms with van der Waals surface area (Å²) in [5, 5.41) is 14.4. The van der Waals surface area contributed by atoms with E-state index in [-0.39, 0.29) is 36.5 Å². The molecule has 1 saturated carbocycles. The van der Waals surface area contributed by atoms with Crippen molar-refractivity contribution in [2.24, 2.45) is 11.7 Å². The molecule has 0 aromatic rings. The third-order valence-electron chi connectivity index (χ3n) is 3.65. The summed E-state index contributed by atoms with van der Waals surface area (Å²) < 4.78 is 0. The Morgan fingerprint density at radius 3 is 2.47 bits per heavy atom. The number of carboxylic acid groups (broad SMARTS) is 1. The van der Waals surface area contributed by atoms with E-state index in [2.05, 4.69) is 10.6 Å². The lowest BCUT2D eigenvalue weighted by atomic mass is 9.91. The molecule has 0 aliphatic heterocycles. The molecule has 0 saturated heterocycles. The number of aliphatic carboxylic acids is 1. The standard InChI is InChI=1S/C13H25N3O3/c1-8(2)11(7-12(17)18)16-13(19)15-10-6-4-3-5-9(10)14/h8-11H,3-7,14H2,1-2H3,(H,17,18)(H2,15,16,19). The van der Waals surface area contributed by atoms with E-state index in [9.17, 15) is 9.59 Å². The molecular formula is C13H25N3O3. The summed E-state index contributed by atoms with van der Waals surface area (Å²) in [6.07, 6.45) is 3.92. The molecule has 3 unspecified atom stereocenters. The number of rotatable bonds is 5. The Bertz CT molecular complexity index is 320. The topological polar surface area (TPSA) is 104 Å². The van der Waals surface area contributed by atoms with Gasteiger partial charge in [-0.05, 0) is 18.8 Å². The molecule has 2 amide bonds. The molecule has 0 aromatic carbocycles. The Kier molecular flexibility index (Phi) is 6.08. The predicted molar refractivity (Wildman–Crippen MR) is 72.8 cm³/mol. The van der Waals surface area contributed by atoms with Crippen LogP contribution in [0.3, 0.4) is 0 Å². The molecule has 0 spiro atoms. The monoisotopic (exact) mass is 271 g/mol. The van der Waals surface area contributed by atoms with E-state index >= 15 is 0 Å². The Labute approximate surface area is 114 Å². The predicted octanol–water partition coefficient (Wildman–Crippen LogP) is 1.05. The van der Waals surface area contributed by atoms with Gasteiger partial charge in [-0.1, -0.05) is 26.7 Å². The minimum atomic E-state index is -0.909. The highest BCUT2D eigenvalue weighted by molar-refractivity contribution is 5.76. The lowest BCUT2D eigenvalue weighted by Crippen LogP contribution is -2.54. The maximum atomic E-state index is 11.9. The number of nitrogens with two attached hydrogens (primary N) is 1. The van der Waals surface area contributed by atoms with Gasteiger partial charge >= 0.3 is 12.0 Å². The molecule has 1 fully saturated rings. The second-order valence-corrected chi connectivity index (χ2v) is 5.62. The van der Waals surface area contributed by atoms with Crippen LogP contribution in [0.4, 0.5) is 4.79 Å². The molecular weight excluding hydrogens is 246 g/mol. The van der Waals surface area contributed by atoms with E-state index in [4.69, 9.17) is 10.8 Å². The number of urea groups is 1. The van der Waals surface area contributed by atoms with E-state index in [1.807, 2.05) is 13.8 Å². The Balaban J connectivity index is 2.45. The summed E-state index contributed by atoms with van der Waals surface area (Å²) in [6, 6.07) is -0.692. The number of amides is 2. The normalized spacial score (nSPS) is 24.8. The Morgan fingerprint density at radius 1 is 1.32 bits per heavy atom. The van der Waals surface area contributed by atoms with Crippen LogP contribution in [0.15, 0.2) is 0 Å². The summed E-state index contributed by atoms with van der Waals surface area (Å²) in [6.45, 7) is 3.78. The van der Waals surface area contributed by atoms with E-state index in [0.717, 1.165) is 25.7 Å². The van der Waals surface area contributed by atoms with Crippen molar-refractivity contribution in [3.63, 3.8) is 0 Å². The molecule has 1 aliphatic rings. The van der Waals surface area contributed by atoms with Crippen LogP contribution in [0.5, 0.6) is 0 Å². The van der Waals surface area contributed by atoms with Gasteiger partial charge in [0.25, 0.3) is 0 Å². The number of hydrogen-bond donors (Lipinski definition) is 4. The number of carboxylic acids is 1. The first-order chi connectivity index (χ1) is 8.90. The second kappa shape index (κ2) is 7.33. The zero-order chi connectivity index (χ0) is 14.4. The second-order valence-electron chi connectivity index (χ2n) is 5.62. The summed E-state index contributed by atoms with van der Waals surface area (Å²) in [4.78, 5) is 22.6. The van der Waals surface area contributed by atoms with Gasteiger partial charge in [0.2, 0.25) is 0 Å². The fraction of sp³-hybridized carbons (Fsp3) is 0.846. The van der Waals surface area contributed by atoms with Gasteiger partial charge in [0, 0.05) is 18.1 Å². The summed E-state index contributed by atoms with van der Waals surface area (Å²) in [5.41, 5.74) is 5.96. The van der Waals surface area contributed by atoms with E-state index in [0.29, 0.717) is 0 Å². The minimum absolute atomic E-state index is 0.00327. The first-order valence-corrected chi connectivity index (χ1v) is 6.94. The van der Waals surface area contributed by atoms with Crippen molar-refractivity contribution >= 4 is 12.0 Å². The van der Waals surface area contributed by atoms with Crippen molar-refractivity contribution in [1.82, 2.24) is 10.6 Å². The highest BCUT2D eigenvalue weighted by Crippen LogP contribution is 2.16. The largest absolute Gasteiger partial charge is 0.481 e. The molecule has 6 nitrogen and oxygen atoms in total. The molecule has 0 radical (unpaired) electrons. The van der Waals surface area contributed by atoms with Gasteiger partial charge in [0.1, 0.15) is 0 Å². The van der Waals surface area contributed by atoms with Crippen LogP contribution in [-0.2, 0) is 4.79 Å². The quantitative estimate of drug-likeness (QED) is 0.600. The average Bonchev–Trinajstić information content (AvgIpc) is 2.30. The highest BCUT2D eigenvalue weighted by Gasteiger charge is 2.25. The third kappa shape index (κ3) is 5.46. The van der Waals surface area contributed by atoms with Gasteiger partial charge in [-0.2, -0.15) is 0 Å². The van der Waals surface area contributed by atoms with Crippen LogP contribution in [0.25, 0.3) is 0 Å². The first-order valence-electron chi connectivity index (χ1n) is 6.94. The molecule has 0 bridgehead atoms. The fourth-order valence-electron chi connectivity index (χ4n) is 2.36. The van der Waals surface area contributed by atoms with Gasteiger partial charge in [0.15, 0.2) is 0 Å². The molecule has 0 heterocycles. The molecule has 5 N–H and O–H groups in total. The molecule has 3 atom stereocenters. The smallest absolute Gasteiger partial charge is 0.315 e. The Morgan fingerprint density at radius 2 is 1.95 bits per heavy atom. The fourth-order valence-corrected chi connectivity index (χ4v) is 2.36. The van der Waals surface area contributed by atoms with Crippen LogP contribution in [0.2, 0.25) is 0 Å². The first kappa shape index (κ1) is 15.8. The van der Waals surface area contributed by atoms with E-state index in [1.165, 1.54) is 0 Å². The maximum absolute atomic E-state index is 11.9. The van der Waals surface area contributed by atoms with Crippen molar-refractivity contribution in [3.05, 3.63) is 0 Å². The van der Waals surface area contributed by atoms with Gasteiger partial charge < -0.3 is 21.5 Å². The molecule has 1 rings (SSSR count). The van der Waals surface area contributed by atoms with Crippen LogP contribution in [0.1, 0.15) is 46.0 Å². The van der Waals surface area contributed by atoms with Crippen molar-refractivity contribution in [1.29, 1.82) is 0 Å². The third-order valence-corrected chi connectivity index (χ3v) is 3.65. The van der Waals surface area contributed by atoms with Crippen molar-refractivity contribution in [3.8, 4) is 0 Å². The number of nitrogens with one attached hydrogen (secondary N) is 2. The van der Waals surface area contributed by atoms with Crippen LogP contribution < -0.4 is 16.4 Å².